The second kappa shape index (κ2) is 5.07. The van der Waals surface area contributed by atoms with E-state index in [1.165, 1.54) is 0 Å². The summed E-state index contributed by atoms with van der Waals surface area (Å²) in [6, 6.07) is 1.90. The van der Waals surface area contributed by atoms with Crippen molar-refractivity contribution in [2.45, 2.75) is 13.0 Å². The molecule has 88 valence electrons. The zero-order valence-electron chi connectivity index (χ0n) is 7.71. The molecule has 7 heteroatoms. The van der Waals surface area contributed by atoms with Crippen LogP contribution in [-0.4, -0.2) is 17.7 Å². The predicted octanol–water partition coefficient (Wildman–Crippen LogP) is 2.71. The van der Waals surface area contributed by atoms with Gasteiger partial charge in [-0.3, -0.25) is 4.79 Å². The van der Waals surface area contributed by atoms with Gasteiger partial charge in [0.2, 0.25) is 0 Å². The Kier molecular flexibility index (Phi) is 4.00. The molecular weight excluding hydrogens is 249 g/mol. The third-order valence-corrected chi connectivity index (χ3v) is 1.99. The van der Waals surface area contributed by atoms with Gasteiger partial charge in [0.25, 0.3) is 0 Å². The molecular formula is C9H6ClF3O3. The van der Waals surface area contributed by atoms with Crippen molar-refractivity contribution in [3.05, 3.63) is 28.5 Å². The molecule has 0 bridgehead atoms. The molecule has 0 unspecified atom stereocenters. The highest BCUT2D eigenvalue weighted by atomic mass is 35.5. The molecule has 1 rings (SSSR count). The first-order chi connectivity index (χ1) is 7.41. The van der Waals surface area contributed by atoms with Crippen LogP contribution in [0.2, 0.25) is 5.02 Å². The zero-order valence-corrected chi connectivity index (χ0v) is 8.47. The van der Waals surface area contributed by atoms with E-state index in [0.29, 0.717) is 0 Å². The molecule has 3 nitrogen and oxygen atoms in total. The number of carboxylic acids is 1. The van der Waals surface area contributed by atoms with Crippen molar-refractivity contribution in [3.63, 3.8) is 0 Å². The van der Waals surface area contributed by atoms with Crippen LogP contribution in [-0.2, 0) is 11.2 Å². The summed E-state index contributed by atoms with van der Waals surface area (Å²) in [6.45, 7) is -3.20. The molecule has 0 saturated carbocycles. The van der Waals surface area contributed by atoms with Crippen LogP contribution >= 0.6 is 11.6 Å². The van der Waals surface area contributed by atoms with Crippen molar-refractivity contribution in [2.24, 2.45) is 0 Å². The van der Waals surface area contributed by atoms with Crippen molar-refractivity contribution < 1.29 is 27.8 Å². The molecule has 0 aliphatic carbocycles. The Balaban J connectivity index is 3.19. The molecule has 0 atom stereocenters. The van der Waals surface area contributed by atoms with Gasteiger partial charge in [0, 0.05) is 5.56 Å². The van der Waals surface area contributed by atoms with Crippen LogP contribution in [0.25, 0.3) is 0 Å². The van der Waals surface area contributed by atoms with Crippen LogP contribution in [0.1, 0.15) is 5.56 Å². The average Bonchev–Trinajstić information content (AvgIpc) is 2.16. The van der Waals surface area contributed by atoms with Crippen LogP contribution in [0.4, 0.5) is 13.2 Å². The number of carbonyl (C=O) groups is 1. The number of hydrogen-bond donors (Lipinski definition) is 1. The van der Waals surface area contributed by atoms with Crippen molar-refractivity contribution >= 4 is 17.6 Å². The van der Waals surface area contributed by atoms with Crippen molar-refractivity contribution in [2.75, 3.05) is 0 Å². The highest BCUT2D eigenvalue weighted by Gasteiger charge is 2.19. The smallest absolute Gasteiger partial charge is 0.387 e. The quantitative estimate of drug-likeness (QED) is 0.899. The summed E-state index contributed by atoms with van der Waals surface area (Å²) in [5, 5.41) is 8.22. The number of benzene rings is 1. The molecule has 1 N–H and O–H groups in total. The lowest BCUT2D eigenvalue weighted by molar-refractivity contribution is -0.136. The van der Waals surface area contributed by atoms with Gasteiger partial charge in [-0.25, -0.2) is 4.39 Å². The first-order valence-corrected chi connectivity index (χ1v) is 4.43. The van der Waals surface area contributed by atoms with Crippen molar-refractivity contribution in [1.82, 2.24) is 0 Å². The van der Waals surface area contributed by atoms with Crippen LogP contribution in [0, 0.1) is 5.82 Å². The molecule has 0 radical (unpaired) electrons. The van der Waals surface area contributed by atoms with Gasteiger partial charge in [0.1, 0.15) is 5.82 Å². The summed E-state index contributed by atoms with van der Waals surface area (Å²) in [5.74, 6) is -2.97. The van der Waals surface area contributed by atoms with E-state index in [1.807, 2.05) is 0 Å². The first-order valence-electron chi connectivity index (χ1n) is 4.05. The number of aliphatic carboxylic acids is 1. The maximum absolute atomic E-state index is 13.2. The van der Waals surface area contributed by atoms with Gasteiger partial charge >= 0.3 is 12.6 Å². The number of carboxylic acid groups (broad SMARTS) is 1. The summed E-state index contributed by atoms with van der Waals surface area (Å²) in [7, 11) is 0. The molecule has 0 fully saturated rings. The van der Waals surface area contributed by atoms with E-state index >= 15 is 0 Å². The van der Waals surface area contributed by atoms with Crippen LogP contribution < -0.4 is 4.74 Å². The second-order valence-electron chi connectivity index (χ2n) is 2.79. The number of rotatable bonds is 4. The Morgan fingerprint density at radius 1 is 1.50 bits per heavy atom. The summed E-state index contributed by atoms with van der Waals surface area (Å²) in [5.41, 5.74) is -0.500. The van der Waals surface area contributed by atoms with E-state index in [1.54, 1.807) is 0 Å². The van der Waals surface area contributed by atoms with Crippen LogP contribution in [0.5, 0.6) is 5.75 Å². The fourth-order valence-electron chi connectivity index (χ4n) is 1.11. The largest absolute Gasteiger partial charge is 0.481 e. The Hall–Kier alpha value is -1.43. The third-order valence-electron chi connectivity index (χ3n) is 1.69. The Labute approximate surface area is 93.4 Å². The first kappa shape index (κ1) is 12.6. The fraction of sp³-hybridized carbons (Fsp3) is 0.222. The lowest BCUT2D eigenvalue weighted by Gasteiger charge is -2.11. The van der Waals surface area contributed by atoms with E-state index in [9.17, 15) is 18.0 Å². The second-order valence-corrected chi connectivity index (χ2v) is 3.19. The van der Waals surface area contributed by atoms with Gasteiger partial charge in [-0.1, -0.05) is 11.6 Å². The minimum Gasteiger partial charge on any atom is -0.481 e. The monoisotopic (exact) mass is 254 g/mol. The Morgan fingerprint density at radius 2 is 2.12 bits per heavy atom. The molecule has 0 amide bonds. The van der Waals surface area contributed by atoms with Crippen molar-refractivity contribution in [1.29, 1.82) is 0 Å². The summed E-state index contributed by atoms with van der Waals surface area (Å²) < 4.78 is 41.2. The minimum atomic E-state index is -3.20. The third kappa shape index (κ3) is 3.03. The molecule has 0 saturated heterocycles. The van der Waals surface area contributed by atoms with E-state index in [2.05, 4.69) is 4.74 Å². The van der Waals surface area contributed by atoms with Crippen LogP contribution in [0.15, 0.2) is 12.1 Å². The summed E-state index contributed by atoms with van der Waals surface area (Å²) in [4.78, 5) is 10.4. The highest BCUT2D eigenvalue weighted by molar-refractivity contribution is 6.32. The average molecular weight is 255 g/mol. The number of hydrogen-bond acceptors (Lipinski definition) is 2. The molecule has 0 heterocycles. The van der Waals surface area contributed by atoms with Crippen LogP contribution in [0.3, 0.4) is 0 Å². The number of ether oxygens (including phenoxy) is 1. The van der Waals surface area contributed by atoms with E-state index < -0.39 is 36.1 Å². The zero-order chi connectivity index (χ0) is 12.3. The lowest BCUT2D eigenvalue weighted by atomic mass is 10.1. The summed E-state index contributed by atoms with van der Waals surface area (Å²) >= 11 is 5.51. The maximum atomic E-state index is 13.2. The molecule has 0 aromatic heterocycles. The van der Waals surface area contributed by atoms with Gasteiger partial charge in [0.15, 0.2) is 5.75 Å². The van der Waals surface area contributed by atoms with Gasteiger partial charge in [-0.15, -0.1) is 0 Å². The van der Waals surface area contributed by atoms with E-state index in [4.69, 9.17) is 16.7 Å². The predicted molar refractivity (Wildman–Crippen MR) is 49.4 cm³/mol. The van der Waals surface area contributed by atoms with E-state index in [0.717, 1.165) is 12.1 Å². The van der Waals surface area contributed by atoms with Gasteiger partial charge in [-0.2, -0.15) is 8.78 Å². The van der Waals surface area contributed by atoms with Crippen molar-refractivity contribution in [3.8, 4) is 5.75 Å². The van der Waals surface area contributed by atoms with Gasteiger partial charge in [0.05, 0.1) is 11.4 Å². The molecule has 16 heavy (non-hydrogen) atoms. The number of halogens is 4. The Bertz CT molecular complexity index is 409. The topological polar surface area (TPSA) is 46.5 Å². The molecule has 1 aromatic carbocycles. The van der Waals surface area contributed by atoms with Gasteiger partial charge in [-0.05, 0) is 12.1 Å². The van der Waals surface area contributed by atoms with Gasteiger partial charge < -0.3 is 9.84 Å². The molecule has 0 aliphatic heterocycles. The molecule has 0 spiro atoms. The normalized spacial score (nSPS) is 10.6. The molecule has 0 aliphatic rings. The fourth-order valence-corrected chi connectivity index (χ4v) is 1.33. The highest BCUT2D eigenvalue weighted by Crippen LogP contribution is 2.32. The Morgan fingerprint density at radius 3 is 2.62 bits per heavy atom. The lowest BCUT2D eigenvalue weighted by Crippen LogP contribution is -2.10. The standard InChI is InChI=1S/C9H6ClF3O3/c10-5-1-2-6(11)4(3-7(14)15)8(5)16-9(12)13/h1-2,9H,3H2,(H,14,15). The SMILES string of the molecule is O=C(O)Cc1c(F)ccc(Cl)c1OC(F)F. The number of alkyl halides is 2. The molecule has 1 aromatic rings. The maximum Gasteiger partial charge on any atom is 0.387 e. The van der Waals surface area contributed by atoms with E-state index in [-0.39, 0.29) is 5.02 Å². The summed E-state index contributed by atoms with van der Waals surface area (Å²) in [6.07, 6.45) is -0.783. The minimum absolute atomic E-state index is 0.266.